The zero-order chi connectivity index (χ0) is 26.6. The number of carbonyl (C=O) groups excluding carboxylic acids is 1. The minimum absolute atomic E-state index is 0.0266. The molecule has 4 rings (SSSR count). The number of hydrogen-bond donors (Lipinski definition) is 1. The van der Waals surface area contributed by atoms with Gasteiger partial charge in [-0.25, -0.2) is 13.3 Å². The van der Waals surface area contributed by atoms with Crippen LogP contribution in [0.15, 0.2) is 63.5 Å². The van der Waals surface area contributed by atoms with Crippen LogP contribution in [0.4, 0.5) is 0 Å². The third-order valence-electron chi connectivity index (χ3n) is 5.43. The van der Waals surface area contributed by atoms with Crippen LogP contribution in [0.5, 0.6) is 17.2 Å². The molecule has 194 valence electrons. The third-order valence-corrected chi connectivity index (χ3v) is 8.27. The summed E-state index contributed by atoms with van der Waals surface area (Å²) >= 11 is 0.772. The van der Waals surface area contributed by atoms with Gasteiger partial charge < -0.3 is 14.2 Å². The lowest BCUT2D eigenvalue weighted by molar-refractivity contribution is -0.114. The normalized spacial score (nSPS) is 16.5. The summed E-state index contributed by atoms with van der Waals surface area (Å²) in [4.78, 5) is 17.6. The Bertz CT molecular complexity index is 1400. The van der Waals surface area contributed by atoms with Gasteiger partial charge in [-0.1, -0.05) is 18.2 Å². The van der Waals surface area contributed by atoms with E-state index < -0.39 is 21.0 Å². The van der Waals surface area contributed by atoms with Crippen molar-refractivity contribution in [3.8, 4) is 17.2 Å². The van der Waals surface area contributed by atoms with Crippen molar-refractivity contribution >= 4 is 49.9 Å². The lowest BCUT2D eigenvalue weighted by Crippen LogP contribution is -2.46. The van der Waals surface area contributed by atoms with Crippen LogP contribution in [-0.2, 0) is 14.6 Å². The van der Waals surface area contributed by atoms with E-state index in [-0.39, 0.29) is 21.7 Å². The van der Waals surface area contributed by atoms with E-state index in [1.807, 2.05) is 24.3 Å². The first kappa shape index (κ1) is 26.4. The van der Waals surface area contributed by atoms with E-state index in [1.165, 1.54) is 19.9 Å². The Morgan fingerprint density at radius 1 is 1.05 bits per heavy atom. The van der Waals surface area contributed by atoms with Gasteiger partial charge in [0.1, 0.15) is 23.1 Å². The molecule has 0 radical (unpaired) electrons. The maximum absolute atomic E-state index is 12.7. The molecule has 0 fully saturated rings. The van der Waals surface area contributed by atoms with E-state index in [9.17, 15) is 13.2 Å². The van der Waals surface area contributed by atoms with E-state index in [2.05, 4.69) is 9.39 Å². The molecule has 1 amide bonds. The molecule has 1 N–H and O–H groups in total. The van der Waals surface area contributed by atoms with Gasteiger partial charge in [-0.05, 0) is 49.8 Å². The summed E-state index contributed by atoms with van der Waals surface area (Å²) in [6.07, 6.45) is 2.17. The second-order valence-electron chi connectivity index (χ2n) is 8.30. The van der Waals surface area contributed by atoms with Crippen molar-refractivity contribution in [1.82, 2.24) is 4.90 Å². The van der Waals surface area contributed by atoms with Gasteiger partial charge in [-0.15, -0.1) is 0 Å². The molecular weight excluding hydrogens is 516 g/mol. The number of amides is 1. The highest BCUT2D eigenvalue weighted by Gasteiger charge is 2.43. The Balaban J connectivity index is 1.36. The number of hydrogen-bond acceptors (Lipinski definition) is 9. The van der Waals surface area contributed by atoms with Gasteiger partial charge in [-0.2, -0.15) is 9.39 Å². The smallest absolute Gasteiger partial charge is 0.283 e. The molecule has 0 aliphatic carbocycles. The van der Waals surface area contributed by atoms with E-state index in [0.29, 0.717) is 30.9 Å². The highest BCUT2D eigenvalue weighted by molar-refractivity contribution is 8.16. The minimum atomic E-state index is -3.77. The lowest BCUT2D eigenvalue weighted by Gasteiger charge is -2.25. The molecular formula is C25H26N4O6S2. The van der Waals surface area contributed by atoms with Crippen molar-refractivity contribution in [3.05, 3.63) is 59.7 Å². The molecule has 12 heteroatoms. The number of ether oxygens (including phenoxy) is 3. The first-order chi connectivity index (χ1) is 17.7. The largest absolute Gasteiger partial charge is 0.497 e. The van der Waals surface area contributed by atoms with Crippen molar-refractivity contribution in [3.63, 3.8) is 0 Å². The number of nitrogens with one attached hydrogen (secondary N) is 1. The molecule has 2 aromatic rings. The molecule has 0 atom stereocenters. The summed E-state index contributed by atoms with van der Waals surface area (Å²) in [6, 6.07) is 14.4. The molecule has 0 saturated heterocycles. The Labute approximate surface area is 219 Å². The molecule has 2 heterocycles. The fourth-order valence-corrected chi connectivity index (χ4v) is 5.41. The first-order valence-electron chi connectivity index (χ1n) is 11.4. The molecule has 0 aromatic heterocycles. The fourth-order valence-electron chi connectivity index (χ4n) is 3.35. The predicted molar refractivity (Wildman–Crippen MR) is 144 cm³/mol. The summed E-state index contributed by atoms with van der Waals surface area (Å²) in [7, 11) is -2.16. The second-order valence-corrected chi connectivity index (χ2v) is 11.4. The Kier molecular flexibility index (Phi) is 7.98. The van der Waals surface area contributed by atoms with Gasteiger partial charge in [0.25, 0.3) is 5.91 Å². The maximum Gasteiger partial charge on any atom is 0.283 e. The van der Waals surface area contributed by atoms with Crippen molar-refractivity contribution < 1.29 is 27.4 Å². The van der Waals surface area contributed by atoms with Crippen LogP contribution in [0, 0.1) is 5.41 Å². The molecule has 10 nitrogen and oxygen atoms in total. The number of fused-ring (bicyclic) bond motifs is 1. The van der Waals surface area contributed by atoms with Crippen molar-refractivity contribution in [1.29, 1.82) is 5.41 Å². The zero-order valence-corrected chi connectivity index (χ0v) is 22.1. The van der Waals surface area contributed by atoms with Gasteiger partial charge in [0.2, 0.25) is 20.2 Å². The third kappa shape index (κ3) is 5.86. The average Bonchev–Trinajstić information content (AvgIpc) is 3.32. The molecule has 2 aliphatic heterocycles. The van der Waals surface area contributed by atoms with Gasteiger partial charge >= 0.3 is 0 Å². The number of rotatable bonds is 9. The van der Waals surface area contributed by atoms with Crippen LogP contribution in [0.2, 0.25) is 0 Å². The van der Waals surface area contributed by atoms with Gasteiger partial charge in [0.15, 0.2) is 0 Å². The number of sulfone groups is 1. The molecule has 0 unspecified atom stereocenters. The monoisotopic (exact) mass is 542 g/mol. The molecule has 2 aliphatic rings. The number of benzene rings is 2. The molecule has 0 spiro atoms. The van der Waals surface area contributed by atoms with Crippen molar-refractivity contribution in [2.75, 3.05) is 20.3 Å². The van der Waals surface area contributed by atoms with Crippen LogP contribution in [-0.4, -0.2) is 61.0 Å². The van der Waals surface area contributed by atoms with Crippen LogP contribution >= 0.6 is 11.9 Å². The number of carbonyl (C=O) groups is 1. The van der Waals surface area contributed by atoms with E-state index in [4.69, 9.17) is 19.6 Å². The molecule has 37 heavy (non-hydrogen) atoms. The van der Waals surface area contributed by atoms with Crippen LogP contribution in [0.3, 0.4) is 0 Å². The van der Waals surface area contributed by atoms with Gasteiger partial charge in [0, 0.05) is 12.5 Å². The van der Waals surface area contributed by atoms with Gasteiger partial charge in [-0.3, -0.25) is 10.2 Å². The van der Waals surface area contributed by atoms with E-state index >= 15 is 0 Å². The van der Waals surface area contributed by atoms with Gasteiger partial charge in [0.05, 0.1) is 43.1 Å². The first-order valence-corrected chi connectivity index (χ1v) is 13.7. The average molecular weight is 543 g/mol. The molecule has 0 bridgehead atoms. The summed E-state index contributed by atoms with van der Waals surface area (Å²) < 4.78 is 45.9. The lowest BCUT2D eigenvalue weighted by atomic mass is 10.1. The minimum Gasteiger partial charge on any atom is -0.497 e. The van der Waals surface area contributed by atoms with Crippen LogP contribution < -0.4 is 14.2 Å². The Morgan fingerprint density at radius 3 is 2.41 bits per heavy atom. The molecule has 0 saturated carbocycles. The summed E-state index contributed by atoms with van der Waals surface area (Å²) in [5.41, 5.74) is 0.610. The fraction of sp³-hybridized carbons (Fsp3) is 0.280. The topological polar surface area (TPSA) is 131 Å². The number of aliphatic imine (C=N–C) groups is 1. The highest BCUT2D eigenvalue weighted by Crippen LogP contribution is 2.31. The van der Waals surface area contributed by atoms with Crippen molar-refractivity contribution in [2.45, 2.75) is 25.5 Å². The Morgan fingerprint density at radius 2 is 1.73 bits per heavy atom. The number of nitrogens with zero attached hydrogens (tertiary/aromatic N) is 3. The maximum atomic E-state index is 12.7. The summed E-state index contributed by atoms with van der Waals surface area (Å²) in [5.74, 6) is 1.19. The second kappa shape index (κ2) is 11.2. The number of amidine groups is 3. The molecule has 2 aromatic carbocycles. The van der Waals surface area contributed by atoms with E-state index in [1.54, 1.807) is 31.4 Å². The summed E-state index contributed by atoms with van der Waals surface area (Å²) in [6.45, 7) is 4.00. The zero-order valence-electron chi connectivity index (χ0n) is 20.5. The summed E-state index contributed by atoms with van der Waals surface area (Å²) in [5, 5.41) is 7.56. The highest BCUT2D eigenvalue weighted by atomic mass is 32.2. The van der Waals surface area contributed by atoms with Crippen LogP contribution in [0.25, 0.3) is 6.08 Å². The quantitative estimate of drug-likeness (QED) is 0.286. The standard InChI is InChI=1S/C25H26N4O6S2/c1-16(2)37(31,32)25-28-36-24-27-23(30)21(22(26)29(24)25)14-17-8-10-18(11-9-17)34-12-5-13-35-20-7-4-6-19(15-20)33-3/h4,6-11,14-16,26H,5,12-13H2,1-3H3/b21-14-,26-22?. The predicted octanol–water partition coefficient (Wildman–Crippen LogP) is 3.94. The van der Waals surface area contributed by atoms with Crippen LogP contribution in [0.1, 0.15) is 25.8 Å². The SMILES string of the molecule is COc1cccc(OCCCOc2ccc(/C=C3/C(=N)N4C(=NC3=O)SN=C4S(=O)(=O)C(C)C)cc2)c1. The van der Waals surface area contributed by atoms with E-state index in [0.717, 1.165) is 28.3 Å². The van der Waals surface area contributed by atoms with Crippen molar-refractivity contribution in [2.24, 2.45) is 9.39 Å². The Hall–Kier alpha value is -3.64. The number of methoxy groups -OCH3 is 1.